The lowest BCUT2D eigenvalue weighted by Gasteiger charge is -2.28. The van der Waals surface area contributed by atoms with Gasteiger partial charge in [-0.1, -0.05) is 0 Å². The van der Waals surface area contributed by atoms with Gasteiger partial charge in [-0.15, -0.1) is 0 Å². The predicted octanol–water partition coefficient (Wildman–Crippen LogP) is 0.930. The molecule has 1 N–H and O–H groups in total. The molecular weight excluding hydrogens is 192 g/mol. The molecule has 2 rings (SSSR count). The molecule has 2 fully saturated rings. The van der Waals surface area contributed by atoms with Gasteiger partial charge in [-0.2, -0.15) is 0 Å². The second-order valence-electron chi connectivity index (χ2n) is 4.45. The second-order valence-corrected chi connectivity index (χ2v) is 4.45. The Kier molecular flexibility index (Phi) is 3.97. The summed E-state index contributed by atoms with van der Waals surface area (Å²) in [5.74, 6) is 0.681. The zero-order valence-electron chi connectivity index (χ0n) is 9.21. The molecule has 15 heavy (non-hydrogen) atoms. The maximum Gasteiger partial charge on any atom is 0.246 e. The first kappa shape index (κ1) is 10.9. The van der Waals surface area contributed by atoms with Crippen LogP contribution in [0.2, 0.25) is 0 Å². The summed E-state index contributed by atoms with van der Waals surface area (Å²) in [5.41, 5.74) is 0. The van der Waals surface area contributed by atoms with E-state index in [0.717, 1.165) is 32.5 Å². The number of carbonyl (C=O) groups is 1. The number of nitrogens with one attached hydrogen (secondary N) is 1. The van der Waals surface area contributed by atoms with Crippen molar-refractivity contribution in [3.8, 4) is 0 Å². The van der Waals surface area contributed by atoms with Crippen LogP contribution in [0.4, 0.5) is 0 Å². The molecule has 0 aromatic rings. The Morgan fingerprint density at radius 2 is 2.33 bits per heavy atom. The van der Waals surface area contributed by atoms with Gasteiger partial charge in [0.2, 0.25) is 5.91 Å². The molecule has 1 amide bonds. The Labute approximate surface area is 90.9 Å². The summed E-state index contributed by atoms with van der Waals surface area (Å²) in [6, 6.07) is 0. The summed E-state index contributed by atoms with van der Waals surface area (Å²) in [7, 11) is 0. The zero-order chi connectivity index (χ0) is 10.5. The van der Waals surface area contributed by atoms with Gasteiger partial charge in [0.05, 0.1) is 6.61 Å². The smallest absolute Gasteiger partial charge is 0.246 e. The van der Waals surface area contributed by atoms with Crippen molar-refractivity contribution in [2.75, 3.05) is 26.2 Å². The first-order chi connectivity index (χ1) is 7.36. The lowest BCUT2D eigenvalue weighted by Crippen LogP contribution is -2.39. The van der Waals surface area contributed by atoms with E-state index in [2.05, 4.69) is 5.32 Å². The third-order valence-electron chi connectivity index (χ3n) is 3.14. The Balaban J connectivity index is 1.74. The first-order valence-corrected chi connectivity index (χ1v) is 6.00. The van der Waals surface area contributed by atoms with E-state index in [4.69, 9.17) is 4.84 Å². The molecule has 0 aromatic heterocycles. The van der Waals surface area contributed by atoms with Crippen molar-refractivity contribution < 1.29 is 9.63 Å². The van der Waals surface area contributed by atoms with Crippen molar-refractivity contribution in [2.45, 2.75) is 32.1 Å². The highest BCUT2D eigenvalue weighted by Gasteiger charge is 2.22. The van der Waals surface area contributed by atoms with Crippen LogP contribution in [0.3, 0.4) is 0 Å². The minimum absolute atomic E-state index is 0.170. The highest BCUT2D eigenvalue weighted by Crippen LogP contribution is 2.17. The molecule has 2 aliphatic rings. The summed E-state index contributed by atoms with van der Waals surface area (Å²) < 4.78 is 0. The van der Waals surface area contributed by atoms with E-state index in [-0.39, 0.29) is 5.91 Å². The van der Waals surface area contributed by atoms with E-state index in [1.54, 1.807) is 5.06 Å². The van der Waals surface area contributed by atoms with Gasteiger partial charge in [0.15, 0.2) is 0 Å². The summed E-state index contributed by atoms with van der Waals surface area (Å²) in [6.07, 6.45) is 5.17. The van der Waals surface area contributed by atoms with E-state index < -0.39 is 0 Å². The van der Waals surface area contributed by atoms with Crippen molar-refractivity contribution >= 4 is 5.91 Å². The molecule has 1 atom stereocenters. The number of hydroxylamine groups is 2. The molecule has 0 radical (unpaired) electrons. The van der Waals surface area contributed by atoms with Crippen molar-refractivity contribution in [1.82, 2.24) is 10.4 Å². The van der Waals surface area contributed by atoms with E-state index in [1.807, 2.05) is 0 Å². The third kappa shape index (κ3) is 3.18. The van der Waals surface area contributed by atoms with Crippen molar-refractivity contribution in [1.29, 1.82) is 0 Å². The number of piperidine rings is 1. The van der Waals surface area contributed by atoms with E-state index >= 15 is 0 Å². The van der Waals surface area contributed by atoms with Gasteiger partial charge in [-0.3, -0.25) is 9.63 Å². The fourth-order valence-corrected chi connectivity index (χ4v) is 2.24. The van der Waals surface area contributed by atoms with Crippen molar-refractivity contribution in [2.24, 2.45) is 5.92 Å². The normalized spacial score (nSPS) is 27.7. The van der Waals surface area contributed by atoms with Gasteiger partial charge < -0.3 is 5.32 Å². The van der Waals surface area contributed by atoms with Crippen LogP contribution in [-0.4, -0.2) is 37.2 Å². The van der Waals surface area contributed by atoms with Crippen LogP contribution in [0.1, 0.15) is 32.1 Å². The molecule has 4 heteroatoms. The van der Waals surface area contributed by atoms with Crippen LogP contribution >= 0.6 is 0 Å². The van der Waals surface area contributed by atoms with Crippen LogP contribution in [0.5, 0.6) is 0 Å². The molecule has 1 unspecified atom stereocenters. The molecule has 0 spiro atoms. The molecule has 4 nitrogen and oxygen atoms in total. The fraction of sp³-hybridized carbons (Fsp3) is 0.909. The van der Waals surface area contributed by atoms with Gasteiger partial charge in [-0.25, -0.2) is 5.06 Å². The molecule has 86 valence electrons. The average molecular weight is 212 g/mol. The number of nitrogens with zero attached hydrogens (tertiary/aromatic N) is 1. The minimum atomic E-state index is 0.170. The average Bonchev–Trinajstić information content (AvgIpc) is 2.31. The van der Waals surface area contributed by atoms with Crippen LogP contribution < -0.4 is 5.32 Å². The third-order valence-corrected chi connectivity index (χ3v) is 3.14. The maximum absolute atomic E-state index is 11.8. The molecular formula is C11H20N2O2. The Morgan fingerprint density at radius 3 is 3.00 bits per heavy atom. The van der Waals surface area contributed by atoms with Gasteiger partial charge in [0.1, 0.15) is 0 Å². The standard InChI is InChI=1S/C11H20N2O2/c14-11(13-6-1-2-7-15-13)8-10-4-3-5-12-9-10/h10,12H,1-9H2. The second kappa shape index (κ2) is 5.47. The number of carbonyl (C=O) groups excluding carboxylic acids is 1. The van der Waals surface area contributed by atoms with E-state index in [1.165, 1.54) is 12.8 Å². The van der Waals surface area contributed by atoms with Crippen LogP contribution in [0, 0.1) is 5.92 Å². The monoisotopic (exact) mass is 212 g/mol. The number of amides is 1. The minimum Gasteiger partial charge on any atom is -0.316 e. The summed E-state index contributed by atoms with van der Waals surface area (Å²) >= 11 is 0. The van der Waals surface area contributed by atoms with Gasteiger partial charge in [0.25, 0.3) is 0 Å². The largest absolute Gasteiger partial charge is 0.316 e. The van der Waals surface area contributed by atoms with Crippen molar-refractivity contribution in [3.05, 3.63) is 0 Å². The first-order valence-electron chi connectivity index (χ1n) is 6.00. The van der Waals surface area contributed by atoms with E-state index in [0.29, 0.717) is 18.9 Å². The SMILES string of the molecule is O=C(CC1CCCNC1)N1CCCCO1. The quantitative estimate of drug-likeness (QED) is 0.740. The Morgan fingerprint density at radius 1 is 1.40 bits per heavy atom. The zero-order valence-corrected chi connectivity index (χ0v) is 9.21. The summed E-state index contributed by atoms with van der Waals surface area (Å²) in [5, 5.41) is 4.90. The fourth-order valence-electron chi connectivity index (χ4n) is 2.24. The number of hydrogen-bond acceptors (Lipinski definition) is 3. The lowest BCUT2D eigenvalue weighted by atomic mass is 9.96. The van der Waals surface area contributed by atoms with Crippen LogP contribution in [0.15, 0.2) is 0 Å². The molecule has 0 bridgehead atoms. The number of hydrogen-bond donors (Lipinski definition) is 1. The molecule has 2 aliphatic heterocycles. The Hall–Kier alpha value is -0.610. The molecule has 2 saturated heterocycles. The Bertz CT molecular complexity index is 209. The molecule has 2 heterocycles. The maximum atomic E-state index is 11.8. The van der Waals surface area contributed by atoms with Crippen molar-refractivity contribution in [3.63, 3.8) is 0 Å². The summed E-state index contributed by atoms with van der Waals surface area (Å²) in [4.78, 5) is 17.2. The van der Waals surface area contributed by atoms with Gasteiger partial charge in [-0.05, 0) is 44.7 Å². The van der Waals surface area contributed by atoms with E-state index in [9.17, 15) is 4.79 Å². The van der Waals surface area contributed by atoms with Crippen LogP contribution in [-0.2, 0) is 9.63 Å². The van der Waals surface area contributed by atoms with Gasteiger partial charge >= 0.3 is 0 Å². The molecule has 0 aromatic carbocycles. The topological polar surface area (TPSA) is 41.6 Å². The predicted molar refractivity (Wildman–Crippen MR) is 57.1 cm³/mol. The highest BCUT2D eigenvalue weighted by atomic mass is 16.7. The highest BCUT2D eigenvalue weighted by molar-refractivity contribution is 5.75. The van der Waals surface area contributed by atoms with Gasteiger partial charge in [0, 0.05) is 13.0 Å². The molecule has 0 saturated carbocycles. The molecule has 0 aliphatic carbocycles. The summed E-state index contributed by atoms with van der Waals surface area (Å²) in [6.45, 7) is 3.57. The number of rotatable bonds is 2. The lowest BCUT2D eigenvalue weighted by molar-refractivity contribution is -0.198. The van der Waals surface area contributed by atoms with Crippen LogP contribution in [0.25, 0.3) is 0 Å².